The van der Waals surface area contributed by atoms with E-state index in [1.54, 1.807) is 24.3 Å². The molecule has 5 rings (SSSR count). The van der Waals surface area contributed by atoms with Crippen molar-refractivity contribution in [1.82, 2.24) is 10.0 Å². The van der Waals surface area contributed by atoms with Gasteiger partial charge in [0.15, 0.2) is 0 Å². The number of carbonyl (C=O) groups excluding carboxylic acids is 2. The van der Waals surface area contributed by atoms with E-state index in [4.69, 9.17) is 11.6 Å². The maximum Gasteiger partial charge on any atom is 0.253 e. The molecule has 3 aliphatic rings. The van der Waals surface area contributed by atoms with Gasteiger partial charge in [0.1, 0.15) is 6.04 Å². The Labute approximate surface area is 156 Å². The molecule has 2 aromatic rings. The SMILES string of the molecule is O=C1[C@H]2[C@@H](C(=O)N1c1cccc(Cl)c1)N1CCCN1[C@H]2c1ccccc1. The summed E-state index contributed by atoms with van der Waals surface area (Å²) in [5.41, 5.74) is 1.64. The molecule has 2 aromatic carbocycles. The number of nitrogens with zero attached hydrogens (tertiary/aromatic N) is 3. The number of carbonyl (C=O) groups is 2. The van der Waals surface area contributed by atoms with E-state index < -0.39 is 6.04 Å². The van der Waals surface area contributed by atoms with Crippen molar-refractivity contribution in [2.45, 2.75) is 18.5 Å². The number of hydrogen-bond donors (Lipinski definition) is 0. The average molecular weight is 368 g/mol. The van der Waals surface area contributed by atoms with E-state index in [9.17, 15) is 9.59 Å². The molecule has 0 saturated carbocycles. The van der Waals surface area contributed by atoms with Crippen LogP contribution in [0.5, 0.6) is 0 Å². The fraction of sp³-hybridized carbons (Fsp3) is 0.300. The van der Waals surface area contributed by atoms with Gasteiger partial charge in [-0.1, -0.05) is 48.0 Å². The van der Waals surface area contributed by atoms with Crippen LogP contribution in [0.4, 0.5) is 5.69 Å². The summed E-state index contributed by atoms with van der Waals surface area (Å²) < 4.78 is 0. The summed E-state index contributed by atoms with van der Waals surface area (Å²) >= 11 is 6.09. The Morgan fingerprint density at radius 1 is 0.846 bits per heavy atom. The Morgan fingerprint density at radius 3 is 2.31 bits per heavy atom. The molecule has 3 atom stereocenters. The summed E-state index contributed by atoms with van der Waals surface area (Å²) in [5.74, 6) is -0.665. The first-order chi connectivity index (χ1) is 12.7. The Balaban J connectivity index is 1.60. The average Bonchev–Trinajstić information content (AvgIpc) is 3.28. The molecule has 2 amide bonds. The monoisotopic (exact) mass is 367 g/mol. The molecule has 6 heteroatoms. The van der Waals surface area contributed by atoms with Gasteiger partial charge in [-0.25, -0.2) is 14.9 Å². The number of halogens is 1. The van der Waals surface area contributed by atoms with Crippen molar-refractivity contribution in [3.63, 3.8) is 0 Å². The molecule has 132 valence electrons. The van der Waals surface area contributed by atoms with Crippen LogP contribution in [0.25, 0.3) is 0 Å². The summed E-state index contributed by atoms with van der Waals surface area (Å²) in [7, 11) is 0. The van der Waals surface area contributed by atoms with E-state index in [1.807, 2.05) is 30.3 Å². The van der Waals surface area contributed by atoms with Crippen LogP contribution < -0.4 is 4.90 Å². The number of hydrazine groups is 1. The molecule has 0 radical (unpaired) electrons. The Hall–Kier alpha value is -2.21. The molecule has 3 saturated heterocycles. The number of anilines is 1. The van der Waals surface area contributed by atoms with Crippen LogP contribution in [0.2, 0.25) is 5.02 Å². The Morgan fingerprint density at radius 2 is 1.58 bits per heavy atom. The lowest BCUT2D eigenvalue weighted by Gasteiger charge is -2.29. The van der Waals surface area contributed by atoms with E-state index in [0.29, 0.717) is 10.7 Å². The number of amides is 2. The lowest BCUT2D eigenvalue weighted by Crippen LogP contribution is -2.44. The van der Waals surface area contributed by atoms with Gasteiger partial charge in [0.2, 0.25) is 5.91 Å². The van der Waals surface area contributed by atoms with E-state index in [0.717, 1.165) is 25.1 Å². The first-order valence-corrected chi connectivity index (χ1v) is 9.26. The van der Waals surface area contributed by atoms with Crippen LogP contribution in [0.15, 0.2) is 54.6 Å². The molecular weight excluding hydrogens is 350 g/mol. The zero-order chi connectivity index (χ0) is 17.8. The Bertz CT molecular complexity index is 888. The number of imide groups is 1. The second-order valence-corrected chi connectivity index (χ2v) is 7.43. The van der Waals surface area contributed by atoms with Gasteiger partial charge >= 0.3 is 0 Å². The van der Waals surface area contributed by atoms with Gasteiger partial charge in [-0.05, 0) is 30.2 Å². The summed E-state index contributed by atoms with van der Waals surface area (Å²) in [4.78, 5) is 27.9. The minimum Gasteiger partial charge on any atom is -0.274 e. The molecule has 0 N–H and O–H groups in total. The Kier molecular flexibility index (Phi) is 3.64. The van der Waals surface area contributed by atoms with Crippen molar-refractivity contribution in [2.75, 3.05) is 18.0 Å². The number of benzene rings is 2. The largest absolute Gasteiger partial charge is 0.274 e. The lowest BCUT2D eigenvalue weighted by molar-refractivity contribution is -0.126. The van der Waals surface area contributed by atoms with Crippen LogP contribution >= 0.6 is 11.6 Å². The molecule has 0 aliphatic carbocycles. The molecule has 0 unspecified atom stereocenters. The third kappa shape index (κ3) is 2.18. The molecule has 0 aromatic heterocycles. The standard InChI is InChI=1S/C20H18ClN3O2/c21-14-8-4-9-15(12-14)24-19(25)16-17(13-6-2-1-3-7-13)22-10-5-11-23(22)18(16)20(24)26/h1-4,6-9,12,16-18H,5,10-11H2/t16-,17+,18+/m1/s1. The van der Waals surface area contributed by atoms with Gasteiger partial charge < -0.3 is 0 Å². The zero-order valence-corrected chi connectivity index (χ0v) is 14.8. The number of fused-ring (bicyclic) bond motifs is 3. The first-order valence-electron chi connectivity index (χ1n) is 8.88. The second kappa shape index (κ2) is 5.91. The van der Waals surface area contributed by atoms with Gasteiger partial charge in [0, 0.05) is 18.1 Å². The predicted molar refractivity (Wildman–Crippen MR) is 98.4 cm³/mol. The fourth-order valence-electron chi connectivity index (χ4n) is 4.63. The number of rotatable bonds is 2. The highest BCUT2D eigenvalue weighted by Crippen LogP contribution is 2.48. The first kappa shape index (κ1) is 16.0. The maximum atomic E-state index is 13.3. The summed E-state index contributed by atoms with van der Waals surface area (Å²) in [5, 5.41) is 4.84. The molecule has 5 nitrogen and oxygen atoms in total. The maximum absolute atomic E-state index is 13.3. The van der Waals surface area contributed by atoms with Crippen LogP contribution in [0.1, 0.15) is 18.0 Å². The molecular formula is C20H18ClN3O2. The van der Waals surface area contributed by atoms with E-state index in [2.05, 4.69) is 10.0 Å². The normalized spacial score (nSPS) is 28.7. The van der Waals surface area contributed by atoms with Crippen LogP contribution in [0.3, 0.4) is 0 Å². The highest BCUT2D eigenvalue weighted by Gasteiger charge is 2.62. The quantitative estimate of drug-likeness (QED) is 0.766. The van der Waals surface area contributed by atoms with Crippen molar-refractivity contribution in [2.24, 2.45) is 5.92 Å². The smallest absolute Gasteiger partial charge is 0.253 e. The van der Waals surface area contributed by atoms with Crippen LogP contribution in [-0.2, 0) is 9.59 Å². The zero-order valence-electron chi connectivity index (χ0n) is 14.1. The molecule has 3 heterocycles. The molecule has 26 heavy (non-hydrogen) atoms. The molecule has 3 fully saturated rings. The van der Waals surface area contributed by atoms with E-state index in [-0.39, 0.29) is 23.8 Å². The highest BCUT2D eigenvalue weighted by molar-refractivity contribution is 6.31. The van der Waals surface area contributed by atoms with Gasteiger partial charge in [0.05, 0.1) is 17.6 Å². The van der Waals surface area contributed by atoms with E-state index in [1.165, 1.54) is 4.90 Å². The highest BCUT2D eigenvalue weighted by atomic mass is 35.5. The lowest BCUT2D eigenvalue weighted by atomic mass is 9.90. The van der Waals surface area contributed by atoms with Gasteiger partial charge in [0.25, 0.3) is 5.91 Å². The van der Waals surface area contributed by atoms with Gasteiger partial charge in [-0.15, -0.1) is 0 Å². The molecule has 3 aliphatic heterocycles. The molecule has 0 bridgehead atoms. The van der Waals surface area contributed by atoms with Crippen LogP contribution in [0, 0.1) is 5.92 Å². The predicted octanol–water partition coefficient (Wildman–Crippen LogP) is 2.88. The third-order valence-electron chi connectivity index (χ3n) is 5.61. The third-order valence-corrected chi connectivity index (χ3v) is 5.85. The fourth-order valence-corrected chi connectivity index (χ4v) is 4.82. The summed E-state index contributed by atoms with van der Waals surface area (Å²) in [6.45, 7) is 1.69. The van der Waals surface area contributed by atoms with Gasteiger partial charge in [-0.2, -0.15) is 0 Å². The van der Waals surface area contributed by atoms with Crippen LogP contribution in [-0.4, -0.2) is 41.0 Å². The minimum atomic E-state index is -0.422. The summed E-state index contributed by atoms with van der Waals surface area (Å²) in [6.07, 6.45) is 1.01. The number of hydrogen-bond acceptors (Lipinski definition) is 4. The molecule has 0 spiro atoms. The second-order valence-electron chi connectivity index (χ2n) is 7.00. The topological polar surface area (TPSA) is 43.9 Å². The van der Waals surface area contributed by atoms with E-state index >= 15 is 0 Å². The van der Waals surface area contributed by atoms with Crippen molar-refractivity contribution < 1.29 is 9.59 Å². The van der Waals surface area contributed by atoms with Crippen molar-refractivity contribution in [3.05, 3.63) is 65.2 Å². The summed E-state index contributed by atoms with van der Waals surface area (Å²) in [6, 6.07) is 16.5. The minimum absolute atomic E-state index is 0.0932. The van der Waals surface area contributed by atoms with Crippen molar-refractivity contribution in [3.8, 4) is 0 Å². The van der Waals surface area contributed by atoms with Gasteiger partial charge in [-0.3, -0.25) is 9.59 Å². The van der Waals surface area contributed by atoms with Crippen molar-refractivity contribution >= 4 is 29.1 Å². The van der Waals surface area contributed by atoms with Crippen molar-refractivity contribution in [1.29, 1.82) is 0 Å².